The Labute approximate surface area is 193 Å². The number of likely N-dealkylation sites (N-methyl/N-ethyl adjacent to an activating group) is 1. The Kier molecular flexibility index (Phi) is 5.80. The highest BCUT2D eigenvalue weighted by Crippen LogP contribution is 2.31. The lowest BCUT2D eigenvalue weighted by Crippen LogP contribution is -2.45. The summed E-state index contributed by atoms with van der Waals surface area (Å²) >= 11 is 0. The molecule has 0 radical (unpaired) electrons. The number of fused-ring (bicyclic) bond motifs is 1. The number of pyridine rings is 1. The van der Waals surface area contributed by atoms with Crippen LogP contribution in [0.25, 0.3) is 17.0 Å². The van der Waals surface area contributed by atoms with Crippen molar-refractivity contribution in [1.29, 1.82) is 0 Å². The molecule has 1 saturated heterocycles. The monoisotopic (exact) mass is 442 g/mol. The highest BCUT2D eigenvalue weighted by atomic mass is 15.3. The molecule has 1 fully saturated rings. The average molecular weight is 443 g/mol. The Morgan fingerprint density at radius 3 is 2.52 bits per heavy atom. The quantitative estimate of drug-likeness (QED) is 0.471. The number of anilines is 1. The number of nitrogens with two attached hydrogens (primary N) is 2. The predicted molar refractivity (Wildman–Crippen MR) is 131 cm³/mol. The smallest absolute Gasteiger partial charge is 0.180 e. The summed E-state index contributed by atoms with van der Waals surface area (Å²) in [5.41, 5.74) is 16.5. The van der Waals surface area contributed by atoms with Crippen LogP contribution >= 0.6 is 0 Å². The molecular formula is C25H30N8. The Hall–Kier alpha value is -3.33. The molecule has 0 bridgehead atoms. The molecule has 0 aliphatic carbocycles. The highest BCUT2D eigenvalue weighted by Gasteiger charge is 2.31. The van der Waals surface area contributed by atoms with Gasteiger partial charge in [0.05, 0.1) is 28.8 Å². The van der Waals surface area contributed by atoms with Crippen LogP contribution in [0.4, 0.5) is 5.82 Å². The van der Waals surface area contributed by atoms with Crippen molar-refractivity contribution in [3.8, 4) is 11.4 Å². The lowest BCUT2D eigenvalue weighted by molar-refractivity contribution is 0.312. The van der Waals surface area contributed by atoms with E-state index in [1.807, 2.05) is 67.1 Å². The minimum atomic E-state index is -0.765. The van der Waals surface area contributed by atoms with Gasteiger partial charge in [0, 0.05) is 38.6 Å². The van der Waals surface area contributed by atoms with E-state index in [0.717, 1.165) is 60.3 Å². The maximum atomic E-state index is 6.93. The lowest BCUT2D eigenvalue weighted by Gasteiger charge is -2.33. The molecule has 0 spiro atoms. The van der Waals surface area contributed by atoms with Gasteiger partial charge in [-0.05, 0) is 37.7 Å². The summed E-state index contributed by atoms with van der Waals surface area (Å²) in [5.74, 6) is 0.911. The van der Waals surface area contributed by atoms with Crippen LogP contribution in [0.5, 0.6) is 0 Å². The molecule has 3 aromatic heterocycles. The summed E-state index contributed by atoms with van der Waals surface area (Å²) in [6.45, 7) is 4.36. The second-order valence-electron chi connectivity index (χ2n) is 8.66. The zero-order chi connectivity index (χ0) is 22.8. The van der Waals surface area contributed by atoms with Crippen molar-refractivity contribution in [2.75, 3.05) is 44.7 Å². The highest BCUT2D eigenvalue weighted by molar-refractivity contribution is 5.70. The molecule has 1 aliphatic heterocycles. The second-order valence-corrected chi connectivity index (χ2v) is 8.66. The average Bonchev–Trinajstić information content (AvgIpc) is 3.30. The minimum absolute atomic E-state index is 0.465. The van der Waals surface area contributed by atoms with Gasteiger partial charge in [-0.15, -0.1) is 0 Å². The number of hydrogen-bond donors (Lipinski definition) is 2. The zero-order valence-electron chi connectivity index (χ0n) is 18.9. The molecule has 4 aromatic rings. The van der Waals surface area contributed by atoms with E-state index in [-0.39, 0.29) is 0 Å². The molecule has 1 atom stereocenters. The number of imidazole rings is 1. The first-order valence-corrected chi connectivity index (χ1v) is 11.4. The van der Waals surface area contributed by atoms with Gasteiger partial charge in [0.25, 0.3) is 0 Å². The van der Waals surface area contributed by atoms with Crippen molar-refractivity contribution in [3.63, 3.8) is 0 Å². The molecule has 1 aromatic carbocycles. The summed E-state index contributed by atoms with van der Waals surface area (Å²) < 4.78 is 2.07. The van der Waals surface area contributed by atoms with Crippen molar-refractivity contribution in [2.24, 2.45) is 11.5 Å². The molecule has 0 saturated carbocycles. The largest absolute Gasteiger partial charge is 0.351 e. The van der Waals surface area contributed by atoms with Gasteiger partial charge in [0.2, 0.25) is 0 Å². The van der Waals surface area contributed by atoms with Crippen molar-refractivity contribution < 1.29 is 0 Å². The van der Waals surface area contributed by atoms with E-state index >= 15 is 0 Å². The first kappa shape index (κ1) is 21.5. The fourth-order valence-corrected chi connectivity index (χ4v) is 4.55. The number of nitrogens with zero attached hydrogens (tertiary/aromatic N) is 6. The predicted octanol–water partition coefficient (Wildman–Crippen LogP) is 2.09. The van der Waals surface area contributed by atoms with Gasteiger partial charge in [-0.2, -0.15) is 0 Å². The zero-order valence-corrected chi connectivity index (χ0v) is 18.9. The van der Waals surface area contributed by atoms with Gasteiger partial charge in [0.1, 0.15) is 0 Å². The van der Waals surface area contributed by atoms with Crippen LogP contribution in [0.2, 0.25) is 0 Å². The summed E-state index contributed by atoms with van der Waals surface area (Å²) in [7, 11) is 2.15. The van der Waals surface area contributed by atoms with Gasteiger partial charge >= 0.3 is 0 Å². The van der Waals surface area contributed by atoms with Gasteiger partial charge < -0.3 is 21.3 Å². The van der Waals surface area contributed by atoms with Crippen molar-refractivity contribution in [2.45, 2.75) is 12.0 Å². The van der Waals surface area contributed by atoms with E-state index in [0.29, 0.717) is 13.0 Å². The first-order valence-electron chi connectivity index (χ1n) is 11.4. The molecule has 33 heavy (non-hydrogen) atoms. The number of benzene rings is 1. The molecular weight excluding hydrogens is 412 g/mol. The summed E-state index contributed by atoms with van der Waals surface area (Å²) in [6, 6.07) is 16.0. The third-order valence-electron chi connectivity index (χ3n) is 6.51. The van der Waals surface area contributed by atoms with Crippen LogP contribution in [0, 0.1) is 0 Å². The number of hydrogen-bond acceptors (Lipinski definition) is 7. The SMILES string of the molecule is CN1CCN(c2nccn3c(-c4cccc(C(N)(CCN)c5ccccc5)n4)cnc23)CC1. The number of aromatic nitrogens is 4. The Morgan fingerprint density at radius 2 is 1.76 bits per heavy atom. The van der Waals surface area contributed by atoms with Gasteiger partial charge in [-0.3, -0.25) is 4.40 Å². The molecule has 4 heterocycles. The van der Waals surface area contributed by atoms with E-state index in [1.165, 1.54) is 0 Å². The van der Waals surface area contributed by atoms with Crippen LogP contribution < -0.4 is 16.4 Å². The standard InChI is InChI=1S/C25H30N8/c1-31-14-16-32(17-15-31)23-24-29-18-21(33(24)13-12-28-23)20-8-5-9-22(30-20)25(27,10-11-26)19-6-3-2-4-7-19/h2-9,12-13,18H,10-11,14-17,26-27H2,1H3. The molecule has 8 heteroatoms. The Balaban J connectivity index is 1.55. The van der Waals surface area contributed by atoms with Gasteiger partial charge in [-0.1, -0.05) is 36.4 Å². The third-order valence-corrected chi connectivity index (χ3v) is 6.51. The molecule has 1 unspecified atom stereocenters. The molecule has 5 rings (SSSR count). The van der Waals surface area contributed by atoms with Crippen molar-refractivity contribution >= 4 is 11.5 Å². The number of rotatable bonds is 6. The van der Waals surface area contributed by atoms with E-state index in [4.69, 9.17) is 21.4 Å². The second kappa shape index (κ2) is 8.90. The molecule has 0 amide bonds. The van der Waals surface area contributed by atoms with Crippen LogP contribution in [-0.2, 0) is 5.54 Å². The molecule has 170 valence electrons. The fraction of sp³-hybridized carbons (Fsp3) is 0.320. The first-order chi connectivity index (χ1) is 16.1. The van der Waals surface area contributed by atoms with Gasteiger partial charge in [0.15, 0.2) is 11.5 Å². The summed E-state index contributed by atoms with van der Waals surface area (Å²) in [4.78, 5) is 19.0. The lowest BCUT2D eigenvalue weighted by atomic mass is 9.84. The van der Waals surface area contributed by atoms with E-state index in [9.17, 15) is 0 Å². The van der Waals surface area contributed by atoms with Crippen LogP contribution in [0.3, 0.4) is 0 Å². The third kappa shape index (κ3) is 3.97. The summed E-state index contributed by atoms with van der Waals surface area (Å²) in [6.07, 6.45) is 6.24. The van der Waals surface area contributed by atoms with Crippen molar-refractivity contribution in [1.82, 2.24) is 24.3 Å². The van der Waals surface area contributed by atoms with E-state index in [2.05, 4.69) is 26.2 Å². The van der Waals surface area contributed by atoms with Crippen LogP contribution in [0.15, 0.2) is 67.1 Å². The molecule has 8 nitrogen and oxygen atoms in total. The van der Waals surface area contributed by atoms with Crippen molar-refractivity contribution in [3.05, 3.63) is 78.4 Å². The van der Waals surface area contributed by atoms with E-state index in [1.54, 1.807) is 0 Å². The van der Waals surface area contributed by atoms with Gasteiger partial charge in [-0.25, -0.2) is 15.0 Å². The minimum Gasteiger partial charge on any atom is -0.351 e. The van der Waals surface area contributed by atoms with Crippen LogP contribution in [-0.4, -0.2) is 64.0 Å². The van der Waals surface area contributed by atoms with E-state index < -0.39 is 5.54 Å². The maximum Gasteiger partial charge on any atom is 0.180 e. The Morgan fingerprint density at radius 1 is 0.970 bits per heavy atom. The molecule has 4 N–H and O–H groups in total. The molecule has 1 aliphatic rings. The fourth-order valence-electron chi connectivity index (χ4n) is 4.55. The maximum absolute atomic E-state index is 6.93. The van der Waals surface area contributed by atoms with Crippen LogP contribution in [0.1, 0.15) is 17.7 Å². The summed E-state index contributed by atoms with van der Waals surface area (Å²) in [5, 5.41) is 0. The number of piperazine rings is 1. The topological polar surface area (TPSA) is 102 Å². The normalized spacial score (nSPS) is 16.8. The Bertz CT molecular complexity index is 1230.